The van der Waals surface area contributed by atoms with E-state index in [0.29, 0.717) is 15.9 Å². The van der Waals surface area contributed by atoms with Gasteiger partial charge in [-0.25, -0.2) is 4.98 Å². The highest BCUT2D eigenvalue weighted by Gasteiger charge is 2.13. The van der Waals surface area contributed by atoms with E-state index in [1.165, 1.54) is 0 Å². The summed E-state index contributed by atoms with van der Waals surface area (Å²) in [6.07, 6.45) is 3.28. The molecule has 0 saturated heterocycles. The van der Waals surface area contributed by atoms with Gasteiger partial charge >= 0.3 is 0 Å². The first-order chi connectivity index (χ1) is 11.1. The fourth-order valence-electron chi connectivity index (χ4n) is 2.42. The van der Waals surface area contributed by atoms with E-state index in [4.69, 9.17) is 27.6 Å². The number of hydrogen-bond donors (Lipinski definition) is 0. The van der Waals surface area contributed by atoms with E-state index >= 15 is 0 Å². The summed E-state index contributed by atoms with van der Waals surface area (Å²) in [4.78, 5) is 4.56. The lowest BCUT2D eigenvalue weighted by molar-refractivity contribution is 0.617. The molecule has 7 heteroatoms. The molecule has 5 nitrogen and oxygen atoms in total. The first-order valence-electron chi connectivity index (χ1n) is 6.83. The van der Waals surface area contributed by atoms with E-state index in [-0.39, 0.29) is 0 Å². The molecule has 0 bridgehead atoms. The van der Waals surface area contributed by atoms with Gasteiger partial charge < -0.3 is 4.42 Å². The van der Waals surface area contributed by atoms with Crippen LogP contribution in [0, 0.1) is 6.92 Å². The van der Waals surface area contributed by atoms with Crippen LogP contribution in [-0.4, -0.2) is 19.7 Å². The Labute approximate surface area is 141 Å². The summed E-state index contributed by atoms with van der Waals surface area (Å²) in [6, 6.07) is 9.22. The molecule has 0 unspecified atom stereocenters. The molecule has 0 spiro atoms. The van der Waals surface area contributed by atoms with Crippen LogP contribution >= 0.6 is 23.2 Å². The number of aryl methyl sites for hydroxylation is 1. The summed E-state index contributed by atoms with van der Waals surface area (Å²) in [6.45, 7) is 1.97. The number of halogens is 2. The van der Waals surface area contributed by atoms with Crippen LogP contribution in [0.4, 0.5) is 0 Å². The summed E-state index contributed by atoms with van der Waals surface area (Å²) < 4.78 is 7.72. The van der Waals surface area contributed by atoms with E-state index in [0.717, 1.165) is 27.9 Å². The normalized spacial score (nSPS) is 11.3. The van der Waals surface area contributed by atoms with Gasteiger partial charge in [0.05, 0.1) is 15.7 Å². The standard InChI is InChI=1S/C16H10Cl2N4O/c1-9-4-11(22-7-19-20-8-22)6-14-15(9)23-16(21-14)10-2-3-12(17)13(18)5-10/h2-8H,1H3. The first-order valence-corrected chi connectivity index (χ1v) is 7.59. The van der Waals surface area contributed by atoms with Gasteiger partial charge in [-0.1, -0.05) is 23.2 Å². The maximum absolute atomic E-state index is 6.07. The van der Waals surface area contributed by atoms with Gasteiger partial charge in [-0.2, -0.15) is 0 Å². The van der Waals surface area contributed by atoms with Crippen molar-refractivity contribution in [2.75, 3.05) is 0 Å². The van der Waals surface area contributed by atoms with Gasteiger partial charge in [0, 0.05) is 5.56 Å². The Balaban J connectivity index is 1.87. The van der Waals surface area contributed by atoms with Crippen LogP contribution in [0.3, 0.4) is 0 Å². The van der Waals surface area contributed by atoms with E-state index in [2.05, 4.69) is 15.2 Å². The number of rotatable bonds is 2. The molecule has 0 aliphatic carbocycles. The van der Waals surface area contributed by atoms with Crippen molar-refractivity contribution in [3.8, 4) is 17.1 Å². The highest BCUT2D eigenvalue weighted by atomic mass is 35.5. The van der Waals surface area contributed by atoms with Gasteiger partial charge in [-0.3, -0.25) is 4.57 Å². The van der Waals surface area contributed by atoms with Gasteiger partial charge in [-0.15, -0.1) is 10.2 Å². The summed E-state index contributed by atoms with van der Waals surface area (Å²) >= 11 is 12.0. The number of hydrogen-bond acceptors (Lipinski definition) is 4. The van der Waals surface area contributed by atoms with E-state index in [9.17, 15) is 0 Å². The Morgan fingerprint density at radius 3 is 2.52 bits per heavy atom. The summed E-state index contributed by atoms with van der Waals surface area (Å²) in [5.41, 5.74) is 4.18. The van der Waals surface area contributed by atoms with Crippen LogP contribution < -0.4 is 0 Å². The molecule has 23 heavy (non-hydrogen) atoms. The fraction of sp³-hybridized carbons (Fsp3) is 0.0625. The van der Waals surface area contributed by atoms with Crippen molar-refractivity contribution in [2.45, 2.75) is 6.92 Å². The minimum atomic E-state index is 0.466. The zero-order valence-corrected chi connectivity index (χ0v) is 13.5. The first kappa shape index (κ1) is 14.2. The second-order valence-electron chi connectivity index (χ2n) is 5.13. The lowest BCUT2D eigenvalue weighted by Gasteiger charge is -2.02. The van der Waals surface area contributed by atoms with E-state index in [1.807, 2.05) is 29.7 Å². The Morgan fingerprint density at radius 1 is 1.00 bits per heavy atom. The second-order valence-corrected chi connectivity index (χ2v) is 5.94. The predicted octanol–water partition coefficient (Wildman–Crippen LogP) is 4.69. The maximum Gasteiger partial charge on any atom is 0.227 e. The third kappa shape index (κ3) is 2.48. The van der Waals surface area contributed by atoms with Crippen molar-refractivity contribution < 1.29 is 4.42 Å². The topological polar surface area (TPSA) is 56.7 Å². The van der Waals surface area contributed by atoms with Gasteiger partial charge in [0.15, 0.2) is 5.58 Å². The molecular formula is C16H10Cl2N4O. The molecule has 0 radical (unpaired) electrons. The lowest BCUT2D eigenvalue weighted by Crippen LogP contribution is -1.91. The summed E-state index contributed by atoms with van der Waals surface area (Å²) in [7, 11) is 0. The van der Waals surface area contributed by atoms with Gasteiger partial charge in [0.2, 0.25) is 5.89 Å². The lowest BCUT2D eigenvalue weighted by atomic mass is 10.2. The zero-order valence-electron chi connectivity index (χ0n) is 12.0. The number of nitrogens with zero attached hydrogens (tertiary/aromatic N) is 4. The monoisotopic (exact) mass is 344 g/mol. The summed E-state index contributed by atoms with van der Waals surface area (Å²) in [5.74, 6) is 0.502. The highest BCUT2D eigenvalue weighted by molar-refractivity contribution is 6.42. The number of oxazole rings is 1. The molecule has 0 atom stereocenters. The van der Waals surface area contributed by atoms with Crippen molar-refractivity contribution in [2.24, 2.45) is 0 Å². The number of aromatic nitrogens is 4. The van der Waals surface area contributed by atoms with Gasteiger partial charge in [0.25, 0.3) is 0 Å². The van der Waals surface area contributed by atoms with Crippen molar-refractivity contribution in [3.05, 3.63) is 58.6 Å². The average Bonchev–Trinajstić information content (AvgIpc) is 3.18. The molecule has 0 aliphatic rings. The molecule has 0 N–H and O–H groups in total. The fourth-order valence-corrected chi connectivity index (χ4v) is 2.72. The van der Waals surface area contributed by atoms with Crippen LogP contribution in [0.2, 0.25) is 10.0 Å². The largest absolute Gasteiger partial charge is 0.436 e. The molecule has 114 valence electrons. The van der Waals surface area contributed by atoms with Gasteiger partial charge in [0.1, 0.15) is 18.2 Å². The molecule has 2 aromatic heterocycles. The number of benzene rings is 2. The molecular weight excluding hydrogens is 335 g/mol. The molecule has 0 saturated carbocycles. The van der Waals surface area contributed by atoms with Crippen LogP contribution in [0.25, 0.3) is 28.2 Å². The highest BCUT2D eigenvalue weighted by Crippen LogP contribution is 2.31. The van der Waals surface area contributed by atoms with E-state index < -0.39 is 0 Å². The third-order valence-corrected chi connectivity index (χ3v) is 4.28. The molecule has 0 fully saturated rings. The molecule has 2 heterocycles. The van der Waals surface area contributed by atoms with Crippen LogP contribution in [0.1, 0.15) is 5.56 Å². The third-order valence-electron chi connectivity index (χ3n) is 3.54. The number of fused-ring (bicyclic) bond motifs is 1. The SMILES string of the molecule is Cc1cc(-n2cnnc2)cc2nc(-c3ccc(Cl)c(Cl)c3)oc12. The minimum Gasteiger partial charge on any atom is -0.436 e. The van der Waals surface area contributed by atoms with E-state index in [1.54, 1.807) is 24.8 Å². The molecule has 0 aliphatic heterocycles. The minimum absolute atomic E-state index is 0.466. The van der Waals surface area contributed by atoms with Crippen molar-refractivity contribution >= 4 is 34.3 Å². The van der Waals surface area contributed by atoms with Crippen LogP contribution in [0.15, 0.2) is 47.4 Å². The maximum atomic E-state index is 6.07. The quantitative estimate of drug-likeness (QED) is 0.529. The van der Waals surface area contributed by atoms with Crippen molar-refractivity contribution in [1.82, 2.24) is 19.7 Å². The molecule has 4 aromatic rings. The predicted molar refractivity (Wildman–Crippen MR) is 89.1 cm³/mol. The smallest absolute Gasteiger partial charge is 0.227 e. The molecule has 4 rings (SSSR count). The average molecular weight is 345 g/mol. The van der Waals surface area contributed by atoms with Crippen LogP contribution in [-0.2, 0) is 0 Å². The van der Waals surface area contributed by atoms with Crippen LogP contribution in [0.5, 0.6) is 0 Å². The Morgan fingerprint density at radius 2 is 1.78 bits per heavy atom. The zero-order chi connectivity index (χ0) is 16.0. The van der Waals surface area contributed by atoms with Gasteiger partial charge in [-0.05, 0) is 42.8 Å². The summed E-state index contributed by atoms with van der Waals surface area (Å²) in [5, 5.41) is 8.61. The van der Waals surface area contributed by atoms with Crippen molar-refractivity contribution in [1.29, 1.82) is 0 Å². The second kappa shape index (κ2) is 5.37. The van der Waals surface area contributed by atoms with Crippen molar-refractivity contribution in [3.63, 3.8) is 0 Å². The Hall–Kier alpha value is -2.37. The molecule has 2 aromatic carbocycles. The Bertz CT molecular complexity index is 1010. The molecule has 0 amide bonds. The Kier molecular flexibility index (Phi) is 3.32.